The number of benzene rings is 1. The van der Waals surface area contributed by atoms with Crippen LogP contribution in [0.4, 0.5) is 5.95 Å². The monoisotopic (exact) mass is 281 g/mol. The van der Waals surface area contributed by atoms with Crippen LogP contribution in [0.1, 0.15) is 10.4 Å². The molecule has 2 rings (SSSR count). The van der Waals surface area contributed by atoms with Gasteiger partial charge in [-0.25, -0.2) is 4.68 Å². The van der Waals surface area contributed by atoms with Crippen LogP contribution in [-0.2, 0) is 6.54 Å². The highest BCUT2D eigenvalue weighted by molar-refractivity contribution is 9.10. The molecule has 0 fully saturated rings. The number of hydrogen-bond donors (Lipinski definition) is 1. The Kier molecular flexibility index (Phi) is 2.95. The van der Waals surface area contributed by atoms with Crippen molar-refractivity contribution in [3.8, 4) is 0 Å². The lowest BCUT2D eigenvalue weighted by atomic mass is 10.1. The van der Waals surface area contributed by atoms with Crippen LogP contribution in [0.5, 0.6) is 0 Å². The summed E-state index contributed by atoms with van der Waals surface area (Å²) < 4.78 is 2.18. The molecule has 0 amide bonds. The number of carbonyl (C=O) groups is 1. The zero-order valence-corrected chi connectivity index (χ0v) is 9.75. The van der Waals surface area contributed by atoms with Crippen LogP contribution in [0, 0.1) is 0 Å². The molecule has 0 aliphatic rings. The van der Waals surface area contributed by atoms with Crippen LogP contribution in [0.2, 0.25) is 0 Å². The molecule has 0 saturated carbocycles. The number of nitrogens with zero attached hydrogens (tertiary/aromatic N) is 4. The largest absolute Gasteiger partial charge is 0.367 e. The number of carbonyl (C=O) groups excluding carboxylic acids is 1. The zero-order chi connectivity index (χ0) is 11.5. The van der Waals surface area contributed by atoms with Gasteiger partial charge in [-0.05, 0) is 22.6 Å². The summed E-state index contributed by atoms with van der Waals surface area (Å²) in [5, 5.41) is 10.5. The minimum absolute atomic E-state index is 0.0421. The second kappa shape index (κ2) is 4.40. The van der Waals surface area contributed by atoms with Gasteiger partial charge in [-0.2, -0.15) is 0 Å². The van der Waals surface area contributed by atoms with Crippen molar-refractivity contribution in [2.24, 2.45) is 0 Å². The number of nitrogen functional groups attached to an aromatic ring is 1. The fourth-order valence-corrected chi connectivity index (χ4v) is 1.45. The van der Waals surface area contributed by atoms with E-state index in [1.807, 2.05) is 0 Å². The van der Waals surface area contributed by atoms with Crippen molar-refractivity contribution in [2.45, 2.75) is 6.54 Å². The molecular formula is C9H8BrN5O. The molecule has 0 bridgehead atoms. The summed E-state index contributed by atoms with van der Waals surface area (Å²) in [4.78, 5) is 11.8. The maximum Gasteiger partial charge on any atom is 0.240 e. The van der Waals surface area contributed by atoms with Gasteiger partial charge >= 0.3 is 0 Å². The molecule has 82 valence electrons. The summed E-state index contributed by atoms with van der Waals surface area (Å²) in [6.45, 7) is 0.0421. The lowest BCUT2D eigenvalue weighted by Gasteiger charge is -2.01. The van der Waals surface area contributed by atoms with Crippen LogP contribution in [0.3, 0.4) is 0 Å². The van der Waals surface area contributed by atoms with E-state index in [1.54, 1.807) is 24.3 Å². The Bertz CT molecular complexity index is 507. The van der Waals surface area contributed by atoms with Crippen molar-refractivity contribution >= 4 is 27.7 Å². The van der Waals surface area contributed by atoms with Gasteiger partial charge in [-0.15, -0.1) is 0 Å². The standard InChI is InChI=1S/C9H8BrN5O/c10-7-3-1-6(2-4-7)8(16)5-15-9(11)12-13-14-15/h1-4H,5H2,(H2,11,12,14). The highest BCUT2D eigenvalue weighted by Crippen LogP contribution is 2.11. The fourth-order valence-electron chi connectivity index (χ4n) is 1.19. The SMILES string of the molecule is Nc1nnnn1CC(=O)c1ccc(Br)cc1. The van der Waals surface area contributed by atoms with Gasteiger partial charge in [0.1, 0.15) is 6.54 Å². The average molecular weight is 282 g/mol. The van der Waals surface area contributed by atoms with E-state index in [1.165, 1.54) is 4.68 Å². The summed E-state index contributed by atoms with van der Waals surface area (Å²) >= 11 is 3.30. The topological polar surface area (TPSA) is 86.7 Å². The molecule has 0 aliphatic heterocycles. The first-order valence-corrected chi connectivity index (χ1v) is 5.26. The normalized spacial score (nSPS) is 10.3. The van der Waals surface area contributed by atoms with Crippen LogP contribution < -0.4 is 5.73 Å². The molecule has 2 aromatic rings. The van der Waals surface area contributed by atoms with E-state index >= 15 is 0 Å². The summed E-state index contributed by atoms with van der Waals surface area (Å²) in [7, 11) is 0. The van der Waals surface area contributed by atoms with E-state index < -0.39 is 0 Å². The lowest BCUT2D eigenvalue weighted by Crippen LogP contribution is -2.14. The molecule has 6 nitrogen and oxygen atoms in total. The van der Waals surface area contributed by atoms with Gasteiger partial charge in [0.15, 0.2) is 5.78 Å². The van der Waals surface area contributed by atoms with Crippen LogP contribution in [0.15, 0.2) is 28.7 Å². The molecule has 0 aliphatic carbocycles. The maximum absolute atomic E-state index is 11.8. The van der Waals surface area contributed by atoms with Crippen LogP contribution >= 0.6 is 15.9 Å². The Hall–Kier alpha value is -1.76. The number of halogens is 1. The molecule has 1 aromatic heterocycles. The van der Waals surface area contributed by atoms with Gasteiger partial charge in [0.2, 0.25) is 5.95 Å². The minimum atomic E-state index is -0.0912. The maximum atomic E-state index is 11.8. The first kappa shape index (κ1) is 10.7. The highest BCUT2D eigenvalue weighted by atomic mass is 79.9. The van der Waals surface area contributed by atoms with Crippen LogP contribution in [0.25, 0.3) is 0 Å². The van der Waals surface area contributed by atoms with Gasteiger partial charge in [-0.1, -0.05) is 33.2 Å². The van der Waals surface area contributed by atoms with Crippen molar-refractivity contribution in [1.29, 1.82) is 0 Å². The summed E-state index contributed by atoms with van der Waals surface area (Å²) in [6.07, 6.45) is 0. The van der Waals surface area contributed by atoms with Crippen molar-refractivity contribution in [3.63, 3.8) is 0 Å². The first-order valence-electron chi connectivity index (χ1n) is 4.47. The zero-order valence-electron chi connectivity index (χ0n) is 8.17. The van der Waals surface area contributed by atoms with Crippen molar-refractivity contribution in [2.75, 3.05) is 5.73 Å². The smallest absolute Gasteiger partial charge is 0.240 e. The Labute approximate surface area is 99.6 Å². The number of nitrogens with two attached hydrogens (primary N) is 1. The molecule has 0 unspecified atom stereocenters. The third-order valence-corrected chi connectivity index (χ3v) is 2.55. The Morgan fingerprint density at radius 1 is 1.38 bits per heavy atom. The predicted molar refractivity (Wildman–Crippen MR) is 60.7 cm³/mol. The van der Waals surface area contributed by atoms with E-state index in [2.05, 4.69) is 31.5 Å². The number of tetrazole rings is 1. The molecular weight excluding hydrogens is 274 g/mol. The number of rotatable bonds is 3. The molecule has 0 radical (unpaired) electrons. The Morgan fingerprint density at radius 3 is 2.62 bits per heavy atom. The minimum Gasteiger partial charge on any atom is -0.367 e. The molecule has 0 atom stereocenters. The van der Waals surface area contributed by atoms with Gasteiger partial charge < -0.3 is 5.73 Å². The van der Waals surface area contributed by atoms with Gasteiger partial charge in [0, 0.05) is 10.0 Å². The van der Waals surface area contributed by atoms with Crippen molar-refractivity contribution < 1.29 is 4.79 Å². The van der Waals surface area contributed by atoms with E-state index in [4.69, 9.17) is 5.73 Å². The second-order valence-electron chi connectivity index (χ2n) is 3.12. The quantitative estimate of drug-likeness (QED) is 0.845. The van der Waals surface area contributed by atoms with Crippen LogP contribution in [-0.4, -0.2) is 26.0 Å². The second-order valence-corrected chi connectivity index (χ2v) is 4.04. The number of ketones is 1. The first-order chi connectivity index (χ1) is 7.66. The van der Waals surface area contributed by atoms with Crippen molar-refractivity contribution in [1.82, 2.24) is 20.2 Å². The molecule has 1 aromatic carbocycles. The Balaban J connectivity index is 2.15. The number of aromatic nitrogens is 4. The number of hydrogen-bond acceptors (Lipinski definition) is 5. The molecule has 0 saturated heterocycles. The van der Waals surface area contributed by atoms with E-state index in [9.17, 15) is 4.79 Å². The van der Waals surface area contributed by atoms with E-state index in [0.717, 1.165) is 4.47 Å². The third kappa shape index (κ3) is 2.25. The molecule has 2 N–H and O–H groups in total. The Morgan fingerprint density at radius 2 is 2.06 bits per heavy atom. The van der Waals surface area contributed by atoms with Gasteiger partial charge in [-0.3, -0.25) is 4.79 Å². The highest BCUT2D eigenvalue weighted by Gasteiger charge is 2.09. The number of Topliss-reactive ketones (excluding diaryl/α,β-unsaturated/α-hetero) is 1. The summed E-state index contributed by atoms with van der Waals surface area (Å²) in [5.74, 6) is 0.0389. The molecule has 16 heavy (non-hydrogen) atoms. The van der Waals surface area contributed by atoms with E-state index in [0.29, 0.717) is 5.56 Å². The number of anilines is 1. The average Bonchev–Trinajstić information content (AvgIpc) is 2.65. The summed E-state index contributed by atoms with van der Waals surface area (Å²) in [5.41, 5.74) is 6.05. The van der Waals surface area contributed by atoms with Gasteiger partial charge in [0.05, 0.1) is 0 Å². The molecule has 1 heterocycles. The predicted octanol–water partition coefficient (Wildman–Crippen LogP) is 0.901. The molecule has 0 spiro atoms. The van der Waals surface area contributed by atoms with E-state index in [-0.39, 0.29) is 18.3 Å². The fraction of sp³-hybridized carbons (Fsp3) is 0.111. The summed E-state index contributed by atoms with van der Waals surface area (Å²) in [6, 6.07) is 7.06. The third-order valence-electron chi connectivity index (χ3n) is 2.02. The van der Waals surface area contributed by atoms with Gasteiger partial charge in [0.25, 0.3) is 0 Å². The molecule has 7 heteroatoms. The lowest BCUT2D eigenvalue weighted by molar-refractivity contribution is 0.0967. The van der Waals surface area contributed by atoms with Crippen molar-refractivity contribution in [3.05, 3.63) is 34.3 Å².